The highest BCUT2D eigenvalue weighted by molar-refractivity contribution is 5.94. The van der Waals surface area contributed by atoms with Gasteiger partial charge in [0, 0.05) is 43.3 Å². The van der Waals surface area contributed by atoms with Crippen molar-refractivity contribution in [3.63, 3.8) is 0 Å². The molecule has 0 unspecified atom stereocenters. The molecule has 1 amide bonds. The lowest BCUT2D eigenvalue weighted by Crippen LogP contribution is -2.33. The number of carboxylic acid groups (broad SMARTS) is 1. The molecular formula is C27H31NO6. The number of benzene rings is 2. The smallest absolute Gasteiger partial charge is 0.303 e. The van der Waals surface area contributed by atoms with Crippen molar-refractivity contribution in [1.29, 1.82) is 0 Å². The minimum absolute atomic E-state index is 0.0235. The van der Waals surface area contributed by atoms with Gasteiger partial charge in [0.05, 0.1) is 22.2 Å². The summed E-state index contributed by atoms with van der Waals surface area (Å²) < 4.78 is 33.4. The monoisotopic (exact) mass is 467 g/mol. The van der Waals surface area contributed by atoms with E-state index in [-0.39, 0.29) is 19.6 Å². The first-order valence-electron chi connectivity index (χ1n) is 12.2. The molecule has 0 bridgehead atoms. The van der Waals surface area contributed by atoms with E-state index in [2.05, 4.69) is 0 Å². The van der Waals surface area contributed by atoms with Crippen LogP contribution in [0.15, 0.2) is 71.3 Å². The van der Waals surface area contributed by atoms with Crippen LogP contribution < -0.4 is 4.74 Å². The molecule has 0 spiro atoms. The molecule has 0 fully saturated rings. The van der Waals surface area contributed by atoms with Gasteiger partial charge in [0.25, 0.3) is 5.91 Å². The molecule has 2 aromatic carbocycles. The van der Waals surface area contributed by atoms with E-state index >= 15 is 0 Å². The number of para-hydroxylation sites is 1. The van der Waals surface area contributed by atoms with Gasteiger partial charge in [-0.25, -0.2) is 0 Å². The van der Waals surface area contributed by atoms with Gasteiger partial charge >= 0.3 is 5.97 Å². The third-order valence-corrected chi connectivity index (χ3v) is 5.18. The number of hydrogen-bond donors (Lipinski definition) is 1. The minimum Gasteiger partial charge on any atom is -0.493 e. The summed E-state index contributed by atoms with van der Waals surface area (Å²) in [5.74, 6) is -0.0667. The molecule has 0 saturated heterocycles. The number of ether oxygens (including phenoxy) is 2. The summed E-state index contributed by atoms with van der Waals surface area (Å²) in [7, 11) is 1.39. The fraction of sp³-hybridized carbons (Fsp3) is 0.333. The van der Waals surface area contributed by atoms with Gasteiger partial charge in [-0.05, 0) is 49.6 Å². The molecule has 7 nitrogen and oxygen atoms in total. The van der Waals surface area contributed by atoms with Gasteiger partial charge in [0.2, 0.25) is 0 Å². The number of unbranched alkanes of at least 4 members (excludes halogenated alkanes) is 2. The van der Waals surface area contributed by atoms with E-state index in [1.165, 1.54) is 7.11 Å². The molecular weight excluding hydrogens is 434 g/mol. The molecule has 0 saturated carbocycles. The predicted molar refractivity (Wildman–Crippen MR) is 129 cm³/mol. The standard InChI is InChI=1S/C27H31NO6/c1-32-19-16-28(27(31)22-14-12-21(13-15-22)24-10-7-18-34-24)20-23-8-4-5-9-25(23)33-17-6-2-3-11-26(29)30/h4-5,7-10,12-15,18H,2-3,6,11,16-17,19-20H2,1H3,(H,29,30)/i16D2. The lowest BCUT2D eigenvalue weighted by Gasteiger charge is -2.24. The second-order valence-electron chi connectivity index (χ2n) is 7.70. The summed E-state index contributed by atoms with van der Waals surface area (Å²) in [5, 5.41) is 8.75. The third kappa shape index (κ3) is 7.49. The van der Waals surface area contributed by atoms with E-state index in [0.29, 0.717) is 42.1 Å². The van der Waals surface area contributed by atoms with Crippen molar-refractivity contribution >= 4 is 11.9 Å². The van der Waals surface area contributed by atoms with Gasteiger partial charge in [0.1, 0.15) is 11.5 Å². The Balaban J connectivity index is 1.75. The Hall–Kier alpha value is -3.58. The Morgan fingerprint density at radius 1 is 1.00 bits per heavy atom. The van der Waals surface area contributed by atoms with Crippen LogP contribution in [0.4, 0.5) is 0 Å². The first-order valence-corrected chi connectivity index (χ1v) is 11.2. The molecule has 1 aromatic heterocycles. The summed E-state index contributed by atoms with van der Waals surface area (Å²) in [6.07, 6.45) is 3.70. The number of methoxy groups -OCH3 is 1. The van der Waals surface area contributed by atoms with Gasteiger partial charge in [-0.3, -0.25) is 9.59 Å². The number of amides is 1. The van der Waals surface area contributed by atoms with Crippen LogP contribution in [0.2, 0.25) is 0 Å². The van der Waals surface area contributed by atoms with E-state index < -0.39 is 18.4 Å². The highest BCUT2D eigenvalue weighted by Gasteiger charge is 2.18. The quantitative estimate of drug-likeness (QED) is 0.325. The molecule has 34 heavy (non-hydrogen) atoms. The van der Waals surface area contributed by atoms with Crippen molar-refractivity contribution in [1.82, 2.24) is 4.90 Å². The average molecular weight is 468 g/mol. The topological polar surface area (TPSA) is 89.2 Å². The molecule has 1 N–H and O–H groups in total. The first-order chi connectivity index (χ1) is 17.3. The van der Waals surface area contributed by atoms with Crippen LogP contribution in [-0.2, 0) is 16.1 Å². The summed E-state index contributed by atoms with van der Waals surface area (Å²) >= 11 is 0. The molecule has 3 rings (SSSR count). The van der Waals surface area contributed by atoms with Crippen molar-refractivity contribution in [2.75, 3.05) is 26.8 Å². The second kappa shape index (κ2) is 13.2. The Labute approximate surface area is 202 Å². The number of carbonyl (C=O) groups excluding carboxylic acids is 1. The van der Waals surface area contributed by atoms with Crippen molar-refractivity contribution in [2.24, 2.45) is 0 Å². The van der Waals surface area contributed by atoms with Gasteiger partial charge in [-0.2, -0.15) is 0 Å². The zero-order valence-corrected chi connectivity index (χ0v) is 19.2. The van der Waals surface area contributed by atoms with Crippen LogP contribution in [0.25, 0.3) is 11.3 Å². The number of furan rings is 1. The fourth-order valence-electron chi connectivity index (χ4n) is 3.40. The van der Waals surface area contributed by atoms with Crippen LogP contribution in [0.3, 0.4) is 0 Å². The van der Waals surface area contributed by atoms with Crippen molar-refractivity contribution in [3.8, 4) is 17.1 Å². The normalized spacial score (nSPS) is 12.0. The number of hydrogen-bond acceptors (Lipinski definition) is 5. The Bertz CT molecular complexity index is 1120. The predicted octanol–water partition coefficient (Wildman–Crippen LogP) is 5.26. The Morgan fingerprint density at radius 3 is 2.50 bits per heavy atom. The molecule has 0 aliphatic heterocycles. The molecule has 1 heterocycles. The van der Waals surface area contributed by atoms with Gasteiger partial charge in [-0.15, -0.1) is 0 Å². The second-order valence-corrected chi connectivity index (χ2v) is 7.70. The van der Waals surface area contributed by atoms with E-state index in [1.807, 2.05) is 18.2 Å². The summed E-state index contributed by atoms with van der Waals surface area (Å²) in [5.41, 5.74) is 1.80. The SMILES string of the molecule is [2H]C([2H])(COC)N(Cc1ccccc1OCCCCCC(=O)O)C(=O)c1ccc(-c2ccco2)cc1. The van der Waals surface area contributed by atoms with E-state index in [1.54, 1.807) is 48.7 Å². The van der Waals surface area contributed by atoms with E-state index in [9.17, 15) is 9.59 Å². The van der Waals surface area contributed by atoms with Crippen LogP contribution in [0, 0.1) is 0 Å². The van der Waals surface area contributed by atoms with Gasteiger partial charge < -0.3 is 23.9 Å². The van der Waals surface area contributed by atoms with Crippen LogP contribution in [0.1, 0.15) is 44.3 Å². The Morgan fingerprint density at radius 2 is 1.79 bits per heavy atom. The third-order valence-electron chi connectivity index (χ3n) is 5.18. The number of carboxylic acids is 1. The Kier molecular flexibility index (Phi) is 8.63. The van der Waals surface area contributed by atoms with Gasteiger partial charge in [-0.1, -0.05) is 30.3 Å². The highest BCUT2D eigenvalue weighted by Crippen LogP contribution is 2.23. The lowest BCUT2D eigenvalue weighted by atomic mass is 10.1. The zero-order chi connectivity index (χ0) is 26.0. The van der Waals surface area contributed by atoms with Crippen LogP contribution in [0.5, 0.6) is 5.75 Å². The maximum atomic E-state index is 13.5. The maximum absolute atomic E-state index is 13.5. The molecule has 0 aliphatic carbocycles. The zero-order valence-electron chi connectivity index (χ0n) is 21.2. The summed E-state index contributed by atoms with van der Waals surface area (Å²) in [4.78, 5) is 25.3. The van der Waals surface area contributed by atoms with Crippen molar-refractivity contribution in [3.05, 3.63) is 78.1 Å². The van der Waals surface area contributed by atoms with Gasteiger partial charge in [0.15, 0.2) is 0 Å². The highest BCUT2D eigenvalue weighted by atomic mass is 16.5. The largest absolute Gasteiger partial charge is 0.493 e. The molecule has 0 aliphatic rings. The lowest BCUT2D eigenvalue weighted by molar-refractivity contribution is -0.137. The average Bonchev–Trinajstić information content (AvgIpc) is 3.40. The number of nitrogens with zero attached hydrogens (tertiary/aromatic N) is 1. The number of rotatable bonds is 14. The molecule has 3 aromatic rings. The molecule has 0 radical (unpaired) electrons. The first kappa shape index (κ1) is 22.2. The number of carbonyl (C=O) groups is 2. The molecule has 180 valence electrons. The summed E-state index contributed by atoms with van der Waals surface area (Å²) in [6.45, 7) is -2.00. The molecule has 7 heteroatoms. The maximum Gasteiger partial charge on any atom is 0.303 e. The summed E-state index contributed by atoms with van der Waals surface area (Å²) in [6, 6.07) is 17.6. The fourth-order valence-corrected chi connectivity index (χ4v) is 3.40. The van der Waals surface area contributed by atoms with E-state index in [0.717, 1.165) is 16.9 Å². The number of aliphatic carboxylic acids is 1. The van der Waals surface area contributed by atoms with Crippen LogP contribution >= 0.6 is 0 Å². The van der Waals surface area contributed by atoms with E-state index in [4.69, 9.17) is 21.7 Å². The minimum atomic E-state index is -2.07. The molecule has 0 atom stereocenters. The van der Waals surface area contributed by atoms with Crippen molar-refractivity contribution < 1.29 is 31.3 Å². The van der Waals surface area contributed by atoms with Crippen LogP contribution in [-0.4, -0.2) is 48.7 Å². The van der Waals surface area contributed by atoms with Crippen molar-refractivity contribution in [2.45, 2.75) is 32.2 Å².